The van der Waals surface area contributed by atoms with Crippen LogP contribution < -0.4 is 0 Å². The number of fused-ring (bicyclic) bond motifs is 1. The van der Waals surface area contributed by atoms with Gasteiger partial charge in [-0.15, -0.1) is 0 Å². The van der Waals surface area contributed by atoms with Gasteiger partial charge in [0.25, 0.3) is 0 Å². The molecule has 18 heavy (non-hydrogen) atoms. The van der Waals surface area contributed by atoms with E-state index in [2.05, 4.69) is 62.4 Å². The zero-order valence-electron chi connectivity index (χ0n) is 10.9. The lowest BCUT2D eigenvalue weighted by Crippen LogP contribution is -2.30. The average molecular weight is 235 g/mol. The van der Waals surface area contributed by atoms with Crippen molar-refractivity contribution in [1.82, 2.24) is 0 Å². The fourth-order valence-corrected chi connectivity index (χ4v) is 2.65. The van der Waals surface area contributed by atoms with Crippen LogP contribution in [0.4, 0.5) is 5.69 Å². The second kappa shape index (κ2) is 4.09. The largest absolute Gasteiger partial charge is 0.252 e. The quantitative estimate of drug-likeness (QED) is 0.695. The fourth-order valence-electron chi connectivity index (χ4n) is 2.65. The summed E-state index contributed by atoms with van der Waals surface area (Å²) < 4.78 is 0. The van der Waals surface area contributed by atoms with Crippen molar-refractivity contribution in [2.45, 2.75) is 20.3 Å². The third-order valence-corrected chi connectivity index (χ3v) is 3.54. The molecule has 0 unspecified atom stereocenters. The van der Waals surface area contributed by atoms with E-state index in [1.165, 1.54) is 16.8 Å². The normalized spacial score (nSPS) is 16.9. The smallest absolute Gasteiger partial charge is 0.0665 e. The van der Waals surface area contributed by atoms with Crippen LogP contribution in [0.5, 0.6) is 0 Å². The third-order valence-electron chi connectivity index (χ3n) is 3.54. The lowest BCUT2D eigenvalue weighted by atomic mass is 9.76. The first-order valence-electron chi connectivity index (χ1n) is 6.39. The first-order valence-corrected chi connectivity index (χ1v) is 6.39. The number of hydrogen-bond donors (Lipinski definition) is 0. The van der Waals surface area contributed by atoms with Crippen LogP contribution in [0.25, 0.3) is 0 Å². The molecule has 1 aliphatic rings. The average Bonchev–Trinajstić information content (AvgIpc) is 2.38. The Labute approximate surface area is 108 Å². The van der Waals surface area contributed by atoms with Gasteiger partial charge in [-0.1, -0.05) is 62.4 Å². The molecule has 0 bridgehead atoms. The van der Waals surface area contributed by atoms with Crippen LogP contribution in [0.2, 0.25) is 0 Å². The summed E-state index contributed by atoms with van der Waals surface area (Å²) in [4.78, 5) is 4.89. The maximum absolute atomic E-state index is 4.89. The van der Waals surface area contributed by atoms with Gasteiger partial charge in [0, 0.05) is 5.41 Å². The van der Waals surface area contributed by atoms with Crippen molar-refractivity contribution in [3.63, 3.8) is 0 Å². The van der Waals surface area contributed by atoms with Gasteiger partial charge in [0.05, 0.1) is 11.4 Å². The van der Waals surface area contributed by atoms with Crippen molar-refractivity contribution < 1.29 is 0 Å². The summed E-state index contributed by atoms with van der Waals surface area (Å²) in [5, 5.41) is 0. The Morgan fingerprint density at radius 3 is 2.33 bits per heavy atom. The maximum Gasteiger partial charge on any atom is 0.0665 e. The van der Waals surface area contributed by atoms with Gasteiger partial charge < -0.3 is 0 Å². The van der Waals surface area contributed by atoms with E-state index in [0.29, 0.717) is 0 Å². The van der Waals surface area contributed by atoms with Gasteiger partial charge >= 0.3 is 0 Å². The van der Waals surface area contributed by atoms with Crippen LogP contribution in [-0.2, 0) is 6.42 Å². The Morgan fingerprint density at radius 1 is 0.889 bits per heavy atom. The third kappa shape index (κ3) is 1.86. The molecule has 0 fully saturated rings. The topological polar surface area (TPSA) is 12.4 Å². The first-order chi connectivity index (χ1) is 8.67. The molecule has 0 aliphatic carbocycles. The molecule has 2 aromatic rings. The van der Waals surface area contributed by atoms with Crippen LogP contribution in [0.1, 0.15) is 25.0 Å². The lowest BCUT2D eigenvalue weighted by Gasteiger charge is -2.31. The van der Waals surface area contributed by atoms with E-state index < -0.39 is 0 Å². The SMILES string of the molecule is CC1(C)Cc2ccccc2N=C1c1ccccc1. The number of para-hydroxylation sites is 1. The molecule has 0 N–H and O–H groups in total. The molecule has 0 spiro atoms. The van der Waals surface area contributed by atoms with Crippen molar-refractivity contribution in [3.8, 4) is 0 Å². The predicted octanol–water partition coefficient (Wildman–Crippen LogP) is 4.39. The fraction of sp³-hybridized carbons (Fsp3) is 0.235. The minimum atomic E-state index is 0.0930. The van der Waals surface area contributed by atoms with Crippen LogP contribution >= 0.6 is 0 Å². The summed E-state index contributed by atoms with van der Waals surface area (Å²) in [5.74, 6) is 0. The summed E-state index contributed by atoms with van der Waals surface area (Å²) in [6.07, 6.45) is 1.05. The van der Waals surface area contributed by atoms with Crippen molar-refractivity contribution in [1.29, 1.82) is 0 Å². The number of rotatable bonds is 1. The van der Waals surface area contributed by atoms with Crippen molar-refractivity contribution in [3.05, 3.63) is 65.7 Å². The van der Waals surface area contributed by atoms with Crippen LogP contribution in [0, 0.1) is 5.41 Å². The molecule has 0 saturated heterocycles. The zero-order chi connectivity index (χ0) is 12.6. The molecule has 0 atom stereocenters. The van der Waals surface area contributed by atoms with Gasteiger partial charge in [0.2, 0.25) is 0 Å². The highest BCUT2D eigenvalue weighted by atomic mass is 14.8. The molecule has 0 radical (unpaired) electrons. The second-order valence-electron chi connectivity index (χ2n) is 5.52. The molecule has 1 aliphatic heterocycles. The Hall–Kier alpha value is -1.89. The first kappa shape index (κ1) is 11.2. The molecule has 90 valence electrons. The molecule has 2 aromatic carbocycles. The van der Waals surface area contributed by atoms with Gasteiger partial charge in [-0.05, 0) is 23.6 Å². The molecule has 1 heteroatoms. The molecule has 0 saturated carbocycles. The summed E-state index contributed by atoms with van der Waals surface area (Å²) >= 11 is 0. The van der Waals surface area contributed by atoms with Crippen molar-refractivity contribution in [2.24, 2.45) is 10.4 Å². The number of aliphatic imine (C=N–C) groups is 1. The monoisotopic (exact) mass is 235 g/mol. The molecule has 3 rings (SSSR count). The van der Waals surface area contributed by atoms with Gasteiger partial charge in [0.1, 0.15) is 0 Å². The summed E-state index contributed by atoms with van der Waals surface area (Å²) in [5.41, 5.74) is 4.99. The number of benzene rings is 2. The van der Waals surface area contributed by atoms with Gasteiger partial charge in [-0.2, -0.15) is 0 Å². The Kier molecular flexibility index (Phi) is 2.55. The van der Waals surface area contributed by atoms with E-state index in [1.807, 2.05) is 6.07 Å². The molecule has 0 aromatic heterocycles. The highest BCUT2D eigenvalue weighted by Gasteiger charge is 2.30. The van der Waals surface area contributed by atoms with Crippen LogP contribution in [0.3, 0.4) is 0 Å². The predicted molar refractivity (Wildman–Crippen MR) is 76.6 cm³/mol. The number of nitrogens with zero attached hydrogens (tertiary/aromatic N) is 1. The van der Waals surface area contributed by atoms with E-state index >= 15 is 0 Å². The van der Waals surface area contributed by atoms with Crippen molar-refractivity contribution >= 4 is 11.4 Å². The highest BCUT2D eigenvalue weighted by Crippen LogP contribution is 2.37. The van der Waals surface area contributed by atoms with Crippen molar-refractivity contribution in [2.75, 3.05) is 0 Å². The Morgan fingerprint density at radius 2 is 1.56 bits per heavy atom. The van der Waals surface area contributed by atoms with Gasteiger partial charge in [-0.3, -0.25) is 4.99 Å². The van der Waals surface area contributed by atoms with E-state index in [1.54, 1.807) is 0 Å². The molecular formula is C17H17N. The minimum Gasteiger partial charge on any atom is -0.252 e. The minimum absolute atomic E-state index is 0.0930. The maximum atomic E-state index is 4.89. The number of hydrogen-bond acceptors (Lipinski definition) is 1. The van der Waals surface area contributed by atoms with Gasteiger partial charge in [-0.25, -0.2) is 0 Å². The molecular weight excluding hydrogens is 218 g/mol. The Bertz CT molecular complexity index is 594. The molecule has 0 amide bonds. The van der Waals surface area contributed by atoms with E-state index in [9.17, 15) is 0 Å². The lowest BCUT2D eigenvalue weighted by molar-refractivity contribution is 0.514. The summed E-state index contributed by atoms with van der Waals surface area (Å²) in [6.45, 7) is 4.55. The van der Waals surface area contributed by atoms with E-state index in [0.717, 1.165) is 12.1 Å². The van der Waals surface area contributed by atoms with E-state index in [4.69, 9.17) is 4.99 Å². The molecule has 1 nitrogen and oxygen atoms in total. The van der Waals surface area contributed by atoms with E-state index in [-0.39, 0.29) is 5.41 Å². The second-order valence-corrected chi connectivity index (χ2v) is 5.52. The Balaban J connectivity index is 2.16. The summed E-state index contributed by atoms with van der Waals surface area (Å²) in [7, 11) is 0. The highest BCUT2D eigenvalue weighted by molar-refractivity contribution is 6.07. The zero-order valence-corrected chi connectivity index (χ0v) is 10.9. The standard InChI is InChI=1S/C17H17N/c1-17(2)12-14-10-6-7-11-15(14)18-16(17)13-8-4-3-5-9-13/h3-11H,12H2,1-2H3. The molecule has 1 heterocycles. The summed E-state index contributed by atoms with van der Waals surface area (Å²) in [6, 6.07) is 18.9. The van der Waals surface area contributed by atoms with Gasteiger partial charge in [0.15, 0.2) is 0 Å². The van der Waals surface area contributed by atoms with Crippen LogP contribution in [0.15, 0.2) is 59.6 Å². The van der Waals surface area contributed by atoms with Crippen LogP contribution in [-0.4, -0.2) is 5.71 Å².